The SMILES string of the molecule is CCC(N)C(Oc1cc(C)ccc1C)c1cccs1. The highest BCUT2D eigenvalue weighted by molar-refractivity contribution is 7.10. The van der Waals surface area contributed by atoms with Gasteiger partial charge < -0.3 is 10.5 Å². The zero-order chi connectivity index (χ0) is 13.8. The van der Waals surface area contributed by atoms with E-state index in [1.807, 2.05) is 6.07 Å². The van der Waals surface area contributed by atoms with Gasteiger partial charge in [-0.2, -0.15) is 0 Å². The van der Waals surface area contributed by atoms with Crippen LogP contribution in [0.3, 0.4) is 0 Å². The lowest BCUT2D eigenvalue weighted by molar-refractivity contribution is 0.173. The second-order valence-electron chi connectivity index (χ2n) is 4.89. The smallest absolute Gasteiger partial charge is 0.148 e. The Balaban J connectivity index is 2.28. The van der Waals surface area contributed by atoms with E-state index < -0.39 is 0 Å². The topological polar surface area (TPSA) is 35.2 Å². The van der Waals surface area contributed by atoms with Crippen molar-refractivity contribution in [2.75, 3.05) is 0 Å². The summed E-state index contributed by atoms with van der Waals surface area (Å²) in [4.78, 5) is 1.19. The molecule has 3 heteroatoms. The maximum Gasteiger partial charge on any atom is 0.148 e. The van der Waals surface area contributed by atoms with Gasteiger partial charge in [0.2, 0.25) is 0 Å². The van der Waals surface area contributed by atoms with Crippen LogP contribution in [0.4, 0.5) is 0 Å². The maximum atomic E-state index is 6.23. The van der Waals surface area contributed by atoms with Crippen molar-refractivity contribution >= 4 is 11.3 Å². The molecule has 1 heterocycles. The van der Waals surface area contributed by atoms with Crippen molar-refractivity contribution in [2.45, 2.75) is 39.3 Å². The zero-order valence-corrected chi connectivity index (χ0v) is 12.5. The molecule has 0 aliphatic heterocycles. The van der Waals surface area contributed by atoms with E-state index in [0.29, 0.717) is 0 Å². The third-order valence-electron chi connectivity index (χ3n) is 3.28. The molecule has 1 aromatic heterocycles. The van der Waals surface area contributed by atoms with E-state index in [1.165, 1.54) is 10.4 Å². The molecule has 0 aliphatic carbocycles. The number of aryl methyl sites for hydroxylation is 2. The van der Waals surface area contributed by atoms with Crippen LogP contribution in [0, 0.1) is 13.8 Å². The lowest BCUT2D eigenvalue weighted by Crippen LogP contribution is -2.31. The van der Waals surface area contributed by atoms with Gasteiger partial charge in [0, 0.05) is 10.9 Å². The van der Waals surface area contributed by atoms with Gasteiger partial charge in [-0.15, -0.1) is 11.3 Å². The second kappa shape index (κ2) is 6.22. The lowest BCUT2D eigenvalue weighted by Gasteiger charge is -2.24. The number of hydrogen-bond acceptors (Lipinski definition) is 3. The second-order valence-corrected chi connectivity index (χ2v) is 5.87. The number of rotatable bonds is 5. The Hall–Kier alpha value is -1.32. The zero-order valence-electron chi connectivity index (χ0n) is 11.7. The van der Waals surface area contributed by atoms with Crippen LogP contribution in [0.5, 0.6) is 5.75 Å². The Labute approximate surface area is 119 Å². The average molecular weight is 275 g/mol. The normalized spacial score (nSPS) is 14.1. The third kappa shape index (κ3) is 3.37. The first-order chi connectivity index (χ1) is 9.11. The summed E-state index contributed by atoms with van der Waals surface area (Å²) in [6, 6.07) is 10.4. The van der Waals surface area contributed by atoms with Crippen LogP contribution in [-0.2, 0) is 0 Å². The summed E-state index contributed by atoms with van der Waals surface area (Å²) >= 11 is 1.70. The van der Waals surface area contributed by atoms with Gasteiger partial charge >= 0.3 is 0 Å². The molecule has 0 bridgehead atoms. The molecular formula is C16H21NOS. The highest BCUT2D eigenvalue weighted by Crippen LogP contribution is 2.30. The quantitative estimate of drug-likeness (QED) is 0.886. The summed E-state index contributed by atoms with van der Waals surface area (Å²) < 4.78 is 6.21. The van der Waals surface area contributed by atoms with Gasteiger partial charge in [0.15, 0.2) is 0 Å². The summed E-state index contributed by atoms with van der Waals surface area (Å²) in [5, 5.41) is 2.07. The predicted octanol–water partition coefficient (Wildman–Crippen LogP) is 4.22. The minimum absolute atomic E-state index is 0.0126. The molecule has 2 N–H and O–H groups in total. The summed E-state index contributed by atoms with van der Waals surface area (Å²) in [5.41, 5.74) is 8.58. The van der Waals surface area contributed by atoms with E-state index in [4.69, 9.17) is 10.5 Å². The van der Waals surface area contributed by atoms with Gasteiger partial charge in [-0.3, -0.25) is 0 Å². The van der Waals surface area contributed by atoms with Gasteiger partial charge in [-0.05, 0) is 48.9 Å². The molecule has 2 atom stereocenters. The van der Waals surface area contributed by atoms with Crippen molar-refractivity contribution in [3.05, 3.63) is 51.7 Å². The molecule has 0 spiro atoms. The number of benzene rings is 1. The minimum Gasteiger partial charge on any atom is -0.483 e. The van der Waals surface area contributed by atoms with Gasteiger partial charge in [-0.25, -0.2) is 0 Å². The molecule has 19 heavy (non-hydrogen) atoms. The van der Waals surface area contributed by atoms with Crippen molar-refractivity contribution < 1.29 is 4.74 Å². The van der Waals surface area contributed by atoms with Gasteiger partial charge in [0.05, 0.1) is 0 Å². The number of hydrogen-bond donors (Lipinski definition) is 1. The van der Waals surface area contributed by atoms with E-state index in [1.54, 1.807) is 11.3 Å². The Bertz CT molecular complexity index is 522. The predicted molar refractivity (Wildman–Crippen MR) is 81.9 cm³/mol. The Morgan fingerprint density at radius 3 is 2.68 bits per heavy atom. The molecule has 0 radical (unpaired) electrons. The Morgan fingerprint density at radius 2 is 2.05 bits per heavy atom. The monoisotopic (exact) mass is 275 g/mol. The molecule has 0 saturated heterocycles. The lowest BCUT2D eigenvalue weighted by atomic mass is 10.1. The molecule has 102 valence electrons. The van der Waals surface area contributed by atoms with E-state index in [9.17, 15) is 0 Å². The van der Waals surface area contributed by atoms with Gasteiger partial charge in [0.25, 0.3) is 0 Å². The van der Waals surface area contributed by atoms with Crippen LogP contribution < -0.4 is 10.5 Å². The number of ether oxygens (including phenoxy) is 1. The van der Waals surface area contributed by atoms with Gasteiger partial charge in [0.1, 0.15) is 11.9 Å². The average Bonchev–Trinajstić information content (AvgIpc) is 2.92. The van der Waals surface area contributed by atoms with Crippen molar-refractivity contribution in [1.82, 2.24) is 0 Å². The van der Waals surface area contributed by atoms with Crippen molar-refractivity contribution in [3.8, 4) is 5.75 Å². The molecule has 2 nitrogen and oxygen atoms in total. The Kier molecular flexibility index (Phi) is 4.61. The summed E-state index contributed by atoms with van der Waals surface area (Å²) in [5.74, 6) is 0.933. The maximum absolute atomic E-state index is 6.23. The third-order valence-corrected chi connectivity index (χ3v) is 4.22. The fraction of sp³-hybridized carbons (Fsp3) is 0.375. The molecule has 0 saturated carbocycles. The standard InChI is InChI=1S/C16H21NOS/c1-4-13(17)16(15-6-5-9-19-15)18-14-10-11(2)7-8-12(14)3/h5-10,13,16H,4,17H2,1-3H3. The molecule has 2 unspecified atom stereocenters. The first kappa shape index (κ1) is 14.1. The van der Waals surface area contributed by atoms with Crippen molar-refractivity contribution in [1.29, 1.82) is 0 Å². The first-order valence-electron chi connectivity index (χ1n) is 6.64. The van der Waals surface area contributed by atoms with Crippen LogP contribution in [0.25, 0.3) is 0 Å². The summed E-state index contributed by atoms with van der Waals surface area (Å²) in [7, 11) is 0. The highest BCUT2D eigenvalue weighted by atomic mass is 32.1. The number of nitrogens with two attached hydrogens (primary N) is 1. The van der Waals surface area contributed by atoms with E-state index >= 15 is 0 Å². The van der Waals surface area contributed by atoms with Crippen molar-refractivity contribution in [3.63, 3.8) is 0 Å². The molecule has 0 fully saturated rings. The van der Waals surface area contributed by atoms with Crippen LogP contribution in [0.2, 0.25) is 0 Å². The molecule has 1 aromatic carbocycles. The molecule has 0 aliphatic rings. The van der Waals surface area contributed by atoms with Crippen LogP contribution in [0.1, 0.15) is 35.5 Å². The van der Waals surface area contributed by atoms with E-state index in [-0.39, 0.29) is 12.1 Å². The van der Waals surface area contributed by atoms with Crippen molar-refractivity contribution in [2.24, 2.45) is 5.73 Å². The fourth-order valence-electron chi connectivity index (χ4n) is 1.99. The molecule has 0 amide bonds. The Morgan fingerprint density at radius 1 is 1.26 bits per heavy atom. The van der Waals surface area contributed by atoms with Crippen LogP contribution in [0.15, 0.2) is 35.7 Å². The largest absolute Gasteiger partial charge is 0.483 e. The van der Waals surface area contributed by atoms with E-state index in [0.717, 1.165) is 17.7 Å². The summed E-state index contributed by atoms with van der Waals surface area (Å²) in [6.45, 7) is 6.24. The number of thiophene rings is 1. The highest BCUT2D eigenvalue weighted by Gasteiger charge is 2.22. The molecule has 2 aromatic rings. The molecular weight excluding hydrogens is 254 g/mol. The summed E-state index contributed by atoms with van der Waals surface area (Å²) in [6.07, 6.45) is 0.832. The van der Waals surface area contributed by atoms with Crippen LogP contribution >= 0.6 is 11.3 Å². The molecule has 2 rings (SSSR count). The first-order valence-corrected chi connectivity index (χ1v) is 7.52. The fourth-order valence-corrected chi connectivity index (χ4v) is 2.82. The van der Waals surface area contributed by atoms with Gasteiger partial charge in [-0.1, -0.05) is 25.1 Å². The minimum atomic E-state index is -0.0644. The van der Waals surface area contributed by atoms with E-state index in [2.05, 4.69) is 50.4 Å². The van der Waals surface area contributed by atoms with Crippen LogP contribution in [-0.4, -0.2) is 6.04 Å².